The Morgan fingerprint density at radius 3 is 2.54 bits per heavy atom. The molecule has 10 nitrogen and oxygen atoms in total. The minimum atomic E-state index is -0.746. The lowest BCUT2D eigenvalue weighted by molar-refractivity contribution is -0.125. The molecule has 0 aliphatic heterocycles. The first-order valence-electron chi connectivity index (χ1n) is 8.83. The average molecular weight is 394 g/mol. The van der Waals surface area contributed by atoms with Crippen LogP contribution in [0, 0.1) is 5.92 Å². The maximum atomic E-state index is 12.1. The molecule has 1 aromatic rings. The molecule has 0 aromatic carbocycles. The van der Waals surface area contributed by atoms with E-state index in [2.05, 4.69) is 20.9 Å². The van der Waals surface area contributed by atoms with Gasteiger partial charge in [-0.3, -0.25) is 24.2 Å². The van der Waals surface area contributed by atoms with Crippen LogP contribution in [0.15, 0.2) is 24.5 Å². The molecule has 154 valence electrons. The van der Waals surface area contributed by atoms with Gasteiger partial charge in [-0.05, 0) is 24.5 Å². The summed E-state index contributed by atoms with van der Waals surface area (Å²) in [6.07, 6.45) is 3.40. The van der Waals surface area contributed by atoms with Crippen molar-refractivity contribution in [3.63, 3.8) is 0 Å². The molecule has 1 aliphatic carbocycles. The van der Waals surface area contributed by atoms with Gasteiger partial charge in [-0.2, -0.15) is 0 Å². The highest BCUT2D eigenvalue weighted by atomic mass is 16.3. The van der Waals surface area contributed by atoms with Crippen molar-refractivity contribution >= 4 is 24.2 Å². The maximum Gasteiger partial charge on any atom is 0.290 e. The van der Waals surface area contributed by atoms with Crippen LogP contribution in [0.3, 0.4) is 0 Å². The van der Waals surface area contributed by atoms with Gasteiger partial charge >= 0.3 is 0 Å². The van der Waals surface area contributed by atoms with Crippen LogP contribution in [0.5, 0.6) is 0 Å². The van der Waals surface area contributed by atoms with Crippen LogP contribution in [0.4, 0.5) is 0 Å². The molecule has 10 heteroatoms. The van der Waals surface area contributed by atoms with Crippen molar-refractivity contribution in [2.24, 2.45) is 5.92 Å². The zero-order chi connectivity index (χ0) is 20.9. The molecule has 0 unspecified atom stereocenters. The molecule has 1 saturated carbocycles. The van der Waals surface area contributed by atoms with Gasteiger partial charge in [0.1, 0.15) is 0 Å². The van der Waals surface area contributed by atoms with Gasteiger partial charge in [0.2, 0.25) is 17.7 Å². The topological polar surface area (TPSA) is 158 Å². The molecule has 3 atom stereocenters. The Bertz CT molecular complexity index is 655. The summed E-state index contributed by atoms with van der Waals surface area (Å²) >= 11 is 0. The van der Waals surface area contributed by atoms with Crippen molar-refractivity contribution in [2.45, 2.75) is 38.3 Å². The normalized spacial score (nSPS) is 20.3. The summed E-state index contributed by atoms with van der Waals surface area (Å²) in [5.41, 5.74) is 0.791. The minimum Gasteiger partial charge on any atom is -0.483 e. The van der Waals surface area contributed by atoms with Gasteiger partial charge in [0.25, 0.3) is 6.47 Å². The van der Waals surface area contributed by atoms with E-state index in [1.54, 1.807) is 18.5 Å². The van der Waals surface area contributed by atoms with E-state index in [4.69, 9.17) is 9.90 Å². The van der Waals surface area contributed by atoms with E-state index in [9.17, 15) is 19.5 Å². The van der Waals surface area contributed by atoms with Gasteiger partial charge < -0.3 is 26.2 Å². The van der Waals surface area contributed by atoms with Crippen molar-refractivity contribution in [3.05, 3.63) is 30.1 Å². The second-order valence-electron chi connectivity index (χ2n) is 6.33. The fourth-order valence-corrected chi connectivity index (χ4v) is 2.90. The summed E-state index contributed by atoms with van der Waals surface area (Å²) < 4.78 is 0. The Morgan fingerprint density at radius 1 is 1.25 bits per heavy atom. The average Bonchev–Trinajstić information content (AvgIpc) is 3.00. The highest BCUT2D eigenvalue weighted by Gasteiger charge is 2.37. The second-order valence-corrected chi connectivity index (χ2v) is 6.33. The van der Waals surface area contributed by atoms with Crippen LogP contribution in [-0.4, -0.2) is 64.6 Å². The number of carbonyl (C=O) groups is 4. The summed E-state index contributed by atoms with van der Waals surface area (Å²) in [6, 6.07) is 3.13. The standard InChI is InChI=1S/C17H24N4O4.CH2O2/c1-11(22)19-5-6-20-17(25)13-8-14(15(23)9-13)21-16(24)7-12-3-2-4-18-10-12;2-1-3/h2-4,10,13-15,23H,5-9H2,1H3,(H,19,22)(H,20,25)(H,21,24);1H,(H,2,3)/t13-,14+,15+;/m0./s1. The van der Waals surface area contributed by atoms with Crippen LogP contribution in [-0.2, 0) is 25.6 Å². The van der Waals surface area contributed by atoms with E-state index < -0.39 is 12.1 Å². The van der Waals surface area contributed by atoms with Crippen molar-refractivity contribution in [3.8, 4) is 0 Å². The number of carbonyl (C=O) groups excluding carboxylic acids is 3. The fraction of sp³-hybridized carbons (Fsp3) is 0.500. The Morgan fingerprint density at radius 2 is 1.93 bits per heavy atom. The molecule has 1 heterocycles. The number of carboxylic acid groups (broad SMARTS) is 1. The number of hydrogen-bond donors (Lipinski definition) is 5. The predicted molar refractivity (Wildman–Crippen MR) is 99.0 cm³/mol. The first-order valence-corrected chi connectivity index (χ1v) is 8.83. The van der Waals surface area contributed by atoms with Crippen LogP contribution in [0.25, 0.3) is 0 Å². The van der Waals surface area contributed by atoms with E-state index in [-0.39, 0.29) is 36.5 Å². The summed E-state index contributed by atoms with van der Waals surface area (Å²) in [7, 11) is 0. The maximum absolute atomic E-state index is 12.1. The molecule has 0 saturated heterocycles. The molecule has 2 rings (SSSR count). The first kappa shape index (κ1) is 23.0. The van der Waals surface area contributed by atoms with Crippen LogP contribution < -0.4 is 16.0 Å². The zero-order valence-electron chi connectivity index (χ0n) is 15.6. The monoisotopic (exact) mass is 394 g/mol. The van der Waals surface area contributed by atoms with Gasteiger partial charge in [0.15, 0.2) is 0 Å². The third kappa shape index (κ3) is 8.58. The Kier molecular flexibility index (Phi) is 10.2. The van der Waals surface area contributed by atoms with E-state index in [0.717, 1.165) is 5.56 Å². The molecule has 1 aromatic heterocycles. The number of nitrogens with zero attached hydrogens (tertiary/aromatic N) is 1. The summed E-state index contributed by atoms with van der Waals surface area (Å²) in [4.78, 5) is 47.3. The minimum absolute atomic E-state index is 0.151. The molecule has 28 heavy (non-hydrogen) atoms. The van der Waals surface area contributed by atoms with Crippen molar-refractivity contribution in [2.75, 3.05) is 13.1 Å². The van der Waals surface area contributed by atoms with Gasteiger partial charge in [0.05, 0.1) is 18.6 Å². The Balaban J connectivity index is 0.00000122. The van der Waals surface area contributed by atoms with Gasteiger partial charge in [-0.15, -0.1) is 0 Å². The lowest BCUT2D eigenvalue weighted by Gasteiger charge is -2.16. The SMILES string of the molecule is CC(=O)NCCNC(=O)[C@@H]1C[C@@H](O)[C@H](NC(=O)Cc2cccnc2)C1.O=CO. The Hall–Kier alpha value is -3.01. The number of aliphatic hydroxyl groups excluding tert-OH is 1. The lowest BCUT2D eigenvalue weighted by Crippen LogP contribution is -2.41. The van der Waals surface area contributed by atoms with E-state index in [0.29, 0.717) is 25.9 Å². The van der Waals surface area contributed by atoms with Crippen molar-refractivity contribution in [1.82, 2.24) is 20.9 Å². The van der Waals surface area contributed by atoms with E-state index in [1.807, 2.05) is 6.07 Å². The van der Waals surface area contributed by atoms with Crippen LogP contribution in [0.1, 0.15) is 25.3 Å². The second kappa shape index (κ2) is 12.4. The van der Waals surface area contributed by atoms with Gasteiger partial charge in [-0.1, -0.05) is 6.07 Å². The third-order valence-electron chi connectivity index (χ3n) is 4.13. The molecule has 3 amide bonds. The molecular weight excluding hydrogens is 368 g/mol. The van der Waals surface area contributed by atoms with Crippen LogP contribution >= 0.6 is 0 Å². The number of pyridine rings is 1. The summed E-state index contributed by atoms with van der Waals surface area (Å²) in [5, 5.41) is 25.1. The number of nitrogens with one attached hydrogen (secondary N) is 3. The number of amides is 3. The number of hydrogen-bond acceptors (Lipinski definition) is 6. The fourth-order valence-electron chi connectivity index (χ4n) is 2.90. The quantitative estimate of drug-likeness (QED) is 0.288. The first-order chi connectivity index (χ1) is 13.4. The largest absolute Gasteiger partial charge is 0.483 e. The van der Waals surface area contributed by atoms with Gasteiger partial charge in [-0.25, -0.2) is 0 Å². The highest BCUT2D eigenvalue weighted by molar-refractivity contribution is 5.81. The molecular formula is C18H26N4O6. The molecule has 0 radical (unpaired) electrons. The molecule has 0 spiro atoms. The molecule has 1 aliphatic rings. The summed E-state index contributed by atoms with van der Waals surface area (Å²) in [6.45, 7) is 1.86. The Labute approximate surface area is 162 Å². The van der Waals surface area contributed by atoms with Crippen molar-refractivity contribution in [1.29, 1.82) is 0 Å². The molecule has 0 bridgehead atoms. The number of aromatic nitrogens is 1. The van der Waals surface area contributed by atoms with E-state index >= 15 is 0 Å². The molecule has 5 N–H and O–H groups in total. The predicted octanol–water partition coefficient (Wildman–Crippen LogP) is -1.17. The smallest absolute Gasteiger partial charge is 0.290 e. The zero-order valence-corrected chi connectivity index (χ0v) is 15.6. The van der Waals surface area contributed by atoms with Gasteiger partial charge in [0, 0.05) is 38.3 Å². The molecule has 1 fully saturated rings. The van der Waals surface area contributed by atoms with Crippen LogP contribution in [0.2, 0.25) is 0 Å². The third-order valence-corrected chi connectivity index (χ3v) is 4.13. The summed E-state index contributed by atoms with van der Waals surface area (Å²) in [5.74, 6) is -0.880. The lowest BCUT2D eigenvalue weighted by atomic mass is 10.1. The van der Waals surface area contributed by atoms with E-state index in [1.165, 1.54) is 6.92 Å². The van der Waals surface area contributed by atoms with Crippen molar-refractivity contribution < 1.29 is 29.4 Å². The number of aliphatic hydroxyl groups is 1. The number of rotatable bonds is 7. The highest BCUT2D eigenvalue weighted by Crippen LogP contribution is 2.26.